The van der Waals surface area contributed by atoms with E-state index in [4.69, 9.17) is 23.2 Å². The van der Waals surface area contributed by atoms with Gasteiger partial charge in [0.1, 0.15) is 5.75 Å². The number of nitrogens with zero attached hydrogens (tertiary/aromatic N) is 1. The van der Waals surface area contributed by atoms with Crippen molar-refractivity contribution in [1.82, 2.24) is 10.2 Å². The molecule has 1 heterocycles. The zero-order chi connectivity index (χ0) is 22.5. The summed E-state index contributed by atoms with van der Waals surface area (Å²) in [5.41, 5.74) is 0.761. The van der Waals surface area contributed by atoms with E-state index in [-0.39, 0.29) is 29.3 Å². The maximum absolute atomic E-state index is 12.5. The number of amides is 3. The Hall–Kier alpha value is -2.62. The molecule has 6 nitrogen and oxygen atoms in total. The molecule has 1 aliphatic heterocycles. The van der Waals surface area contributed by atoms with Crippen LogP contribution in [0.2, 0.25) is 10.0 Å². The molecule has 31 heavy (non-hydrogen) atoms. The van der Waals surface area contributed by atoms with Crippen LogP contribution in [0.15, 0.2) is 47.4 Å². The van der Waals surface area contributed by atoms with Crippen LogP contribution in [0, 0.1) is 0 Å². The smallest absolute Gasteiger partial charge is 0.387 e. The van der Waals surface area contributed by atoms with Gasteiger partial charge in [-0.1, -0.05) is 29.3 Å². The molecule has 1 saturated heterocycles. The molecular formula is C20H14Cl2F2N2O4S. The van der Waals surface area contributed by atoms with Gasteiger partial charge in [0.25, 0.3) is 17.1 Å². The molecule has 0 aliphatic carbocycles. The van der Waals surface area contributed by atoms with Crippen molar-refractivity contribution in [3.63, 3.8) is 0 Å². The van der Waals surface area contributed by atoms with Crippen molar-refractivity contribution >= 4 is 58.1 Å². The number of hydrogen-bond acceptors (Lipinski definition) is 5. The largest absolute Gasteiger partial charge is 0.435 e. The van der Waals surface area contributed by atoms with Gasteiger partial charge < -0.3 is 10.1 Å². The van der Waals surface area contributed by atoms with Gasteiger partial charge in [-0.3, -0.25) is 19.3 Å². The van der Waals surface area contributed by atoms with E-state index in [0.717, 1.165) is 16.7 Å². The van der Waals surface area contributed by atoms with Gasteiger partial charge in [-0.25, -0.2) is 0 Å². The topological polar surface area (TPSA) is 75.7 Å². The molecule has 0 aromatic heterocycles. The fraction of sp³-hybridized carbons (Fsp3) is 0.150. The molecule has 0 bridgehead atoms. The Kier molecular flexibility index (Phi) is 7.53. The number of benzene rings is 2. The number of carbonyl (C=O) groups excluding carboxylic acids is 3. The lowest BCUT2D eigenvalue weighted by atomic mass is 10.2. The van der Waals surface area contributed by atoms with Crippen LogP contribution in [0.25, 0.3) is 6.08 Å². The number of imide groups is 1. The highest BCUT2D eigenvalue weighted by atomic mass is 35.5. The van der Waals surface area contributed by atoms with Gasteiger partial charge in [0.05, 0.1) is 4.91 Å². The predicted molar refractivity (Wildman–Crippen MR) is 115 cm³/mol. The Morgan fingerprint density at radius 2 is 1.87 bits per heavy atom. The molecule has 2 aromatic rings. The van der Waals surface area contributed by atoms with Gasteiger partial charge >= 0.3 is 6.61 Å². The number of halogens is 4. The Balaban J connectivity index is 1.57. The summed E-state index contributed by atoms with van der Waals surface area (Å²) < 4.78 is 28.5. The lowest BCUT2D eigenvalue weighted by Crippen LogP contribution is -2.37. The molecule has 1 aliphatic rings. The van der Waals surface area contributed by atoms with Crippen LogP contribution < -0.4 is 10.1 Å². The van der Waals surface area contributed by atoms with Crippen molar-refractivity contribution in [2.24, 2.45) is 0 Å². The Bertz CT molecular complexity index is 1050. The third-order valence-corrected chi connectivity index (χ3v) is 5.56. The minimum Gasteiger partial charge on any atom is -0.435 e. The summed E-state index contributed by atoms with van der Waals surface area (Å²) in [6, 6.07) is 9.91. The fourth-order valence-electron chi connectivity index (χ4n) is 2.62. The quantitative estimate of drug-likeness (QED) is 0.553. The molecule has 0 saturated carbocycles. The second kappa shape index (κ2) is 10.1. The van der Waals surface area contributed by atoms with Crippen molar-refractivity contribution in [3.05, 3.63) is 68.5 Å². The number of hydrogen-bond donors (Lipinski definition) is 1. The van der Waals surface area contributed by atoms with E-state index in [1.165, 1.54) is 36.4 Å². The first-order valence-corrected chi connectivity index (χ1v) is 10.4. The first-order chi connectivity index (χ1) is 14.7. The van der Waals surface area contributed by atoms with Crippen LogP contribution in [-0.2, 0) is 4.79 Å². The molecule has 0 atom stereocenters. The van der Waals surface area contributed by atoms with Gasteiger partial charge in [0, 0.05) is 28.7 Å². The van der Waals surface area contributed by atoms with Crippen LogP contribution in [0.5, 0.6) is 5.75 Å². The lowest BCUT2D eigenvalue weighted by Gasteiger charge is -2.13. The van der Waals surface area contributed by atoms with E-state index >= 15 is 0 Å². The van der Waals surface area contributed by atoms with Gasteiger partial charge in [-0.2, -0.15) is 8.78 Å². The molecule has 2 aromatic carbocycles. The number of carbonyl (C=O) groups is 3. The second-order valence-corrected chi connectivity index (χ2v) is 7.99. The molecule has 0 radical (unpaired) electrons. The van der Waals surface area contributed by atoms with E-state index in [0.29, 0.717) is 15.6 Å². The summed E-state index contributed by atoms with van der Waals surface area (Å²) in [7, 11) is 0. The monoisotopic (exact) mass is 486 g/mol. The molecule has 1 N–H and O–H groups in total. The molecule has 0 spiro atoms. The average Bonchev–Trinajstić information content (AvgIpc) is 2.97. The summed E-state index contributed by atoms with van der Waals surface area (Å²) in [5, 5.41) is 2.89. The van der Waals surface area contributed by atoms with E-state index in [2.05, 4.69) is 10.1 Å². The maximum atomic E-state index is 12.5. The van der Waals surface area contributed by atoms with Crippen molar-refractivity contribution < 1.29 is 27.9 Å². The summed E-state index contributed by atoms with van der Waals surface area (Å²) in [6.07, 6.45) is 1.51. The van der Waals surface area contributed by atoms with Crippen LogP contribution in [0.1, 0.15) is 15.9 Å². The third kappa shape index (κ3) is 5.96. The van der Waals surface area contributed by atoms with Gasteiger partial charge in [0.15, 0.2) is 0 Å². The number of nitrogens with one attached hydrogen (secondary N) is 1. The van der Waals surface area contributed by atoms with Crippen LogP contribution in [-0.4, -0.2) is 41.7 Å². The van der Waals surface area contributed by atoms with E-state index in [1.807, 2.05) is 0 Å². The van der Waals surface area contributed by atoms with E-state index in [1.54, 1.807) is 12.1 Å². The fourth-order valence-corrected chi connectivity index (χ4v) is 3.94. The minimum atomic E-state index is -2.96. The van der Waals surface area contributed by atoms with Crippen molar-refractivity contribution in [3.8, 4) is 5.75 Å². The number of alkyl halides is 2. The molecule has 3 amide bonds. The lowest BCUT2D eigenvalue weighted by molar-refractivity contribution is -0.122. The predicted octanol–water partition coefficient (Wildman–Crippen LogP) is 5.06. The third-order valence-electron chi connectivity index (χ3n) is 4.09. The summed E-state index contributed by atoms with van der Waals surface area (Å²) in [4.78, 5) is 38.1. The Labute approximate surface area is 190 Å². The molecule has 1 fully saturated rings. The Morgan fingerprint density at radius 1 is 1.16 bits per heavy atom. The highest BCUT2D eigenvalue weighted by molar-refractivity contribution is 8.18. The first kappa shape index (κ1) is 23.1. The van der Waals surface area contributed by atoms with Crippen molar-refractivity contribution in [2.45, 2.75) is 6.61 Å². The van der Waals surface area contributed by atoms with Crippen molar-refractivity contribution in [2.75, 3.05) is 13.1 Å². The summed E-state index contributed by atoms with van der Waals surface area (Å²) >= 11 is 12.7. The zero-order valence-electron chi connectivity index (χ0n) is 15.6. The van der Waals surface area contributed by atoms with Crippen LogP contribution >= 0.6 is 35.0 Å². The summed E-state index contributed by atoms with van der Waals surface area (Å²) in [5.74, 6) is -1.06. The van der Waals surface area contributed by atoms with Gasteiger partial charge in [-0.15, -0.1) is 0 Å². The minimum absolute atomic E-state index is 0.0150. The van der Waals surface area contributed by atoms with E-state index < -0.39 is 23.7 Å². The van der Waals surface area contributed by atoms with Crippen molar-refractivity contribution in [1.29, 1.82) is 0 Å². The molecule has 3 rings (SSSR count). The standard InChI is InChI=1S/C20H14Cl2F2N2O4S/c21-13-4-1-12(15(22)10-13)9-16-18(28)26(20(29)31-16)8-7-25-17(27)11-2-5-14(6-3-11)30-19(23)24/h1-6,9-10,19H,7-8H2,(H,25,27)/b16-9+. The van der Waals surface area contributed by atoms with Gasteiger partial charge in [0.2, 0.25) is 0 Å². The number of thioether (sulfide) groups is 1. The van der Waals surface area contributed by atoms with Crippen LogP contribution in [0.3, 0.4) is 0 Å². The highest BCUT2D eigenvalue weighted by Gasteiger charge is 2.34. The number of rotatable bonds is 7. The summed E-state index contributed by atoms with van der Waals surface area (Å²) in [6.45, 7) is -2.97. The molecule has 11 heteroatoms. The second-order valence-electron chi connectivity index (χ2n) is 6.16. The normalized spacial score (nSPS) is 15.1. The molecule has 0 unspecified atom stereocenters. The van der Waals surface area contributed by atoms with E-state index in [9.17, 15) is 23.2 Å². The Morgan fingerprint density at radius 3 is 2.52 bits per heavy atom. The number of ether oxygens (including phenoxy) is 1. The maximum Gasteiger partial charge on any atom is 0.387 e. The highest BCUT2D eigenvalue weighted by Crippen LogP contribution is 2.33. The SMILES string of the molecule is O=C(NCCN1C(=O)S/C(=C/c2ccc(Cl)cc2Cl)C1=O)c1ccc(OC(F)F)cc1. The average molecular weight is 487 g/mol. The molecule has 162 valence electrons. The van der Waals surface area contributed by atoms with Crippen LogP contribution in [0.4, 0.5) is 13.6 Å². The zero-order valence-corrected chi connectivity index (χ0v) is 17.9. The van der Waals surface area contributed by atoms with Gasteiger partial charge in [-0.05, 0) is 59.8 Å². The molecular weight excluding hydrogens is 473 g/mol. The first-order valence-electron chi connectivity index (χ1n) is 8.78.